The second-order valence-electron chi connectivity index (χ2n) is 4.98. The SMILES string of the molecule is COc1ccc(/C(C)=N\NC(=S)Nc2ccc(C)cc2)cc1F. The first-order chi connectivity index (χ1) is 11.0. The maximum absolute atomic E-state index is 13.7. The zero-order valence-corrected chi connectivity index (χ0v) is 14.0. The highest BCUT2D eigenvalue weighted by atomic mass is 32.1. The van der Waals surface area contributed by atoms with Crippen molar-refractivity contribution in [2.75, 3.05) is 12.4 Å². The van der Waals surface area contributed by atoms with Gasteiger partial charge in [-0.05, 0) is 56.4 Å². The lowest BCUT2D eigenvalue weighted by Gasteiger charge is -2.09. The minimum Gasteiger partial charge on any atom is -0.494 e. The molecule has 0 bridgehead atoms. The molecule has 2 rings (SSSR count). The number of ether oxygens (including phenoxy) is 1. The Labute approximate surface area is 140 Å². The quantitative estimate of drug-likeness (QED) is 0.507. The van der Waals surface area contributed by atoms with E-state index in [-0.39, 0.29) is 5.75 Å². The summed E-state index contributed by atoms with van der Waals surface area (Å²) in [5.74, 6) is -0.231. The fourth-order valence-corrected chi connectivity index (χ4v) is 2.05. The third kappa shape index (κ3) is 4.75. The maximum Gasteiger partial charge on any atom is 0.191 e. The van der Waals surface area contributed by atoms with E-state index >= 15 is 0 Å². The van der Waals surface area contributed by atoms with Crippen LogP contribution in [-0.2, 0) is 0 Å². The van der Waals surface area contributed by atoms with E-state index in [9.17, 15) is 4.39 Å². The molecule has 0 saturated carbocycles. The van der Waals surface area contributed by atoms with Crippen molar-refractivity contribution in [3.05, 3.63) is 59.4 Å². The molecular formula is C17H18FN3OS. The third-order valence-electron chi connectivity index (χ3n) is 3.20. The number of benzene rings is 2. The zero-order chi connectivity index (χ0) is 16.8. The van der Waals surface area contributed by atoms with Gasteiger partial charge in [-0.15, -0.1) is 0 Å². The Bertz CT molecular complexity index is 729. The number of rotatable bonds is 4. The molecule has 0 heterocycles. The largest absolute Gasteiger partial charge is 0.494 e. The fourth-order valence-electron chi connectivity index (χ4n) is 1.89. The first-order valence-electron chi connectivity index (χ1n) is 7.01. The van der Waals surface area contributed by atoms with Crippen LogP contribution in [0.4, 0.5) is 10.1 Å². The number of aryl methyl sites for hydroxylation is 1. The Hall–Kier alpha value is -2.47. The van der Waals surface area contributed by atoms with Crippen LogP contribution in [0, 0.1) is 12.7 Å². The molecule has 6 heteroatoms. The molecule has 120 valence electrons. The van der Waals surface area contributed by atoms with Gasteiger partial charge in [-0.1, -0.05) is 17.7 Å². The van der Waals surface area contributed by atoms with Gasteiger partial charge in [0, 0.05) is 11.3 Å². The van der Waals surface area contributed by atoms with Gasteiger partial charge in [-0.3, -0.25) is 5.43 Å². The van der Waals surface area contributed by atoms with E-state index in [1.54, 1.807) is 19.1 Å². The van der Waals surface area contributed by atoms with Crippen LogP contribution in [-0.4, -0.2) is 17.9 Å². The summed E-state index contributed by atoms with van der Waals surface area (Å²) in [4.78, 5) is 0. The van der Waals surface area contributed by atoms with E-state index in [2.05, 4.69) is 15.8 Å². The number of hydrazone groups is 1. The van der Waals surface area contributed by atoms with Crippen molar-refractivity contribution in [2.45, 2.75) is 13.8 Å². The number of thiocarbonyl (C=S) groups is 1. The molecule has 0 aliphatic rings. The van der Waals surface area contributed by atoms with Gasteiger partial charge in [0.15, 0.2) is 16.7 Å². The van der Waals surface area contributed by atoms with E-state index in [1.807, 2.05) is 31.2 Å². The molecule has 0 aliphatic carbocycles. The summed E-state index contributed by atoms with van der Waals surface area (Å²) in [7, 11) is 1.43. The van der Waals surface area contributed by atoms with Crippen LogP contribution in [0.1, 0.15) is 18.1 Å². The molecule has 0 saturated heterocycles. The molecule has 0 radical (unpaired) electrons. The molecule has 0 aliphatic heterocycles. The highest BCUT2D eigenvalue weighted by Crippen LogP contribution is 2.18. The molecule has 4 nitrogen and oxygen atoms in total. The van der Waals surface area contributed by atoms with Crippen molar-refractivity contribution in [3.8, 4) is 5.75 Å². The Balaban J connectivity index is 1.99. The molecule has 2 aromatic rings. The summed E-state index contributed by atoms with van der Waals surface area (Å²) in [5, 5.41) is 7.55. The number of hydrogen-bond donors (Lipinski definition) is 2. The average Bonchev–Trinajstić information content (AvgIpc) is 2.54. The molecule has 0 unspecified atom stereocenters. The van der Waals surface area contributed by atoms with Gasteiger partial charge in [0.1, 0.15) is 0 Å². The van der Waals surface area contributed by atoms with Gasteiger partial charge in [0.25, 0.3) is 0 Å². The van der Waals surface area contributed by atoms with Crippen LogP contribution < -0.4 is 15.5 Å². The molecule has 2 aromatic carbocycles. The van der Waals surface area contributed by atoms with E-state index in [0.29, 0.717) is 16.4 Å². The number of nitrogens with one attached hydrogen (secondary N) is 2. The van der Waals surface area contributed by atoms with Crippen LogP contribution in [0.5, 0.6) is 5.75 Å². The molecule has 0 amide bonds. The topological polar surface area (TPSA) is 45.6 Å². The Kier molecular flexibility index (Phi) is 5.65. The number of anilines is 1. The molecule has 0 spiro atoms. The van der Waals surface area contributed by atoms with E-state index in [4.69, 9.17) is 17.0 Å². The van der Waals surface area contributed by atoms with Crippen LogP contribution in [0.3, 0.4) is 0 Å². The molecule has 0 fully saturated rings. The molecule has 2 N–H and O–H groups in total. The fraction of sp³-hybridized carbons (Fsp3) is 0.176. The predicted molar refractivity (Wildman–Crippen MR) is 95.7 cm³/mol. The highest BCUT2D eigenvalue weighted by molar-refractivity contribution is 7.80. The Morgan fingerprint density at radius 3 is 2.48 bits per heavy atom. The van der Waals surface area contributed by atoms with Gasteiger partial charge in [-0.25, -0.2) is 4.39 Å². The molecule has 0 atom stereocenters. The van der Waals surface area contributed by atoms with Crippen LogP contribution in [0.15, 0.2) is 47.6 Å². The van der Waals surface area contributed by atoms with Crippen molar-refractivity contribution in [1.29, 1.82) is 0 Å². The van der Waals surface area contributed by atoms with Crippen LogP contribution in [0.25, 0.3) is 0 Å². The lowest BCUT2D eigenvalue weighted by Crippen LogP contribution is -2.24. The minimum absolute atomic E-state index is 0.200. The van der Waals surface area contributed by atoms with Gasteiger partial charge < -0.3 is 10.1 Å². The monoisotopic (exact) mass is 331 g/mol. The van der Waals surface area contributed by atoms with E-state index < -0.39 is 5.82 Å². The van der Waals surface area contributed by atoms with Crippen LogP contribution >= 0.6 is 12.2 Å². The average molecular weight is 331 g/mol. The Morgan fingerprint density at radius 1 is 1.17 bits per heavy atom. The third-order valence-corrected chi connectivity index (χ3v) is 3.40. The van der Waals surface area contributed by atoms with Crippen LogP contribution in [0.2, 0.25) is 0 Å². The van der Waals surface area contributed by atoms with Gasteiger partial charge >= 0.3 is 0 Å². The van der Waals surface area contributed by atoms with Crippen molar-refractivity contribution in [2.24, 2.45) is 5.10 Å². The predicted octanol–water partition coefficient (Wildman–Crippen LogP) is 3.85. The summed E-state index contributed by atoms with van der Waals surface area (Å²) in [5.41, 5.74) is 6.05. The Morgan fingerprint density at radius 2 is 1.87 bits per heavy atom. The number of methoxy groups -OCH3 is 1. The lowest BCUT2D eigenvalue weighted by atomic mass is 10.1. The minimum atomic E-state index is -0.431. The number of hydrogen-bond acceptors (Lipinski definition) is 3. The van der Waals surface area contributed by atoms with E-state index in [1.165, 1.54) is 18.7 Å². The first-order valence-corrected chi connectivity index (χ1v) is 7.42. The lowest BCUT2D eigenvalue weighted by molar-refractivity contribution is 0.386. The van der Waals surface area contributed by atoms with E-state index in [0.717, 1.165) is 5.69 Å². The second-order valence-corrected chi connectivity index (χ2v) is 5.39. The summed E-state index contributed by atoms with van der Waals surface area (Å²) in [6.07, 6.45) is 0. The van der Waals surface area contributed by atoms with Crippen molar-refractivity contribution >= 4 is 28.7 Å². The van der Waals surface area contributed by atoms with Gasteiger partial charge in [0.2, 0.25) is 0 Å². The molecule has 0 aromatic heterocycles. The van der Waals surface area contributed by atoms with Crippen molar-refractivity contribution in [1.82, 2.24) is 5.43 Å². The van der Waals surface area contributed by atoms with Gasteiger partial charge in [0.05, 0.1) is 12.8 Å². The highest BCUT2D eigenvalue weighted by Gasteiger charge is 2.05. The summed E-state index contributed by atoms with van der Waals surface area (Å²) < 4.78 is 18.6. The van der Waals surface area contributed by atoms with Crippen molar-refractivity contribution in [3.63, 3.8) is 0 Å². The smallest absolute Gasteiger partial charge is 0.191 e. The maximum atomic E-state index is 13.7. The van der Waals surface area contributed by atoms with Gasteiger partial charge in [-0.2, -0.15) is 5.10 Å². The summed E-state index contributed by atoms with van der Waals surface area (Å²) >= 11 is 5.18. The summed E-state index contributed by atoms with van der Waals surface area (Å²) in [6.45, 7) is 3.78. The van der Waals surface area contributed by atoms with Crippen molar-refractivity contribution < 1.29 is 9.13 Å². The number of halogens is 1. The first kappa shape index (κ1) is 16.9. The number of nitrogens with zero attached hydrogens (tertiary/aromatic N) is 1. The zero-order valence-electron chi connectivity index (χ0n) is 13.2. The molecule has 23 heavy (non-hydrogen) atoms. The standard InChI is InChI=1S/C17H18FN3OS/c1-11-4-7-14(8-5-11)19-17(23)21-20-12(2)13-6-9-16(22-3)15(18)10-13/h4-10H,1-3H3,(H2,19,21,23)/b20-12-. The second kappa shape index (κ2) is 7.69. The molecular weight excluding hydrogens is 313 g/mol. The summed E-state index contributed by atoms with van der Waals surface area (Å²) in [6, 6.07) is 12.5. The normalized spacial score (nSPS) is 11.0.